The summed E-state index contributed by atoms with van der Waals surface area (Å²) in [5, 5.41) is 0. The van der Waals surface area contributed by atoms with Crippen molar-refractivity contribution in [3.05, 3.63) is 59.2 Å². The van der Waals surface area contributed by atoms with E-state index in [0.29, 0.717) is 11.5 Å². The average molecular weight is 293 g/mol. The molecule has 0 aliphatic heterocycles. The van der Waals surface area contributed by atoms with Crippen molar-refractivity contribution in [3.63, 3.8) is 0 Å². The number of hydrogen-bond acceptors (Lipinski definition) is 3. The van der Waals surface area contributed by atoms with Crippen LogP contribution in [-0.4, -0.2) is 7.11 Å². The number of ether oxygens (including phenoxy) is 2. The monoisotopic (exact) mass is 293 g/mol. The van der Waals surface area contributed by atoms with Gasteiger partial charge in [0.05, 0.1) is 12.7 Å². The average Bonchev–Trinajstić information content (AvgIpc) is 2.46. The van der Waals surface area contributed by atoms with Gasteiger partial charge in [0.1, 0.15) is 18.2 Å². The molecule has 3 nitrogen and oxygen atoms in total. The van der Waals surface area contributed by atoms with E-state index in [-0.39, 0.29) is 18.2 Å². The molecule has 0 saturated heterocycles. The van der Waals surface area contributed by atoms with Crippen LogP contribution >= 0.6 is 0 Å². The molecule has 0 unspecified atom stereocenters. The molecule has 21 heavy (non-hydrogen) atoms. The minimum Gasteiger partial charge on any atom is -0.493 e. The fourth-order valence-corrected chi connectivity index (χ4v) is 1.91. The SMILES string of the molecule is COc1cc([C@@H](C)N)ccc1OCc1c(F)cccc1F. The molecular formula is C16H17F2NO2. The predicted molar refractivity (Wildman–Crippen MR) is 76.3 cm³/mol. The van der Waals surface area contributed by atoms with E-state index in [1.807, 2.05) is 6.92 Å². The van der Waals surface area contributed by atoms with E-state index in [0.717, 1.165) is 5.56 Å². The number of benzene rings is 2. The molecule has 0 saturated carbocycles. The molecule has 2 N–H and O–H groups in total. The van der Waals surface area contributed by atoms with Gasteiger partial charge in [0.2, 0.25) is 0 Å². The highest BCUT2D eigenvalue weighted by atomic mass is 19.1. The first-order chi connectivity index (χ1) is 10.0. The summed E-state index contributed by atoms with van der Waals surface area (Å²) in [4.78, 5) is 0. The molecule has 2 rings (SSSR count). The zero-order valence-electron chi connectivity index (χ0n) is 11.9. The summed E-state index contributed by atoms with van der Waals surface area (Å²) in [5.41, 5.74) is 6.57. The van der Waals surface area contributed by atoms with Gasteiger partial charge in [0.15, 0.2) is 11.5 Å². The normalized spacial score (nSPS) is 12.0. The van der Waals surface area contributed by atoms with Crippen molar-refractivity contribution >= 4 is 0 Å². The molecule has 0 fully saturated rings. The third-order valence-corrected chi connectivity index (χ3v) is 3.15. The standard InChI is InChI=1S/C16H17F2NO2/c1-10(19)11-6-7-15(16(8-11)20-2)21-9-12-13(17)4-3-5-14(12)18/h3-8,10H,9,19H2,1-2H3/t10-/m1/s1. The van der Waals surface area contributed by atoms with E-state index in [9.17, 15) is 8.78 Å². The number of methoxy groups -OCH3 is 1. The maximum atomic E-state index is 13.5. The van der Waals surface area contributed by atoms with Crippen LogP contribution in [0.5, 0.6) is 11.5 Å². The van der Waals surface area contributed by atoms with E-state index in [1.165, 1.54) is 25.3 Å². The summed E-state index contributed by atoms with van der Waals surface area (Å²) in [6.45, 7) is 1.64. The van der Waals surface area contributed by atoms with Crippen molar-refractivity contribution in [1.82, 2.24) is 0 Å². The molecule has 112 valence electrons. The second-order valence-corrected chi connectivity index (χ2v) is 4.69. The fraction of sp³-hybridized carbons (Fsp3) is 0.250. The Kier molecular flexibility index (Phi) is 4.75. The first-order valence-corrected chi connectivity index (χ1v) is 6.52. The van der Waals surface area contributed by atoms with Crippen LogP contribution in [0.15, 0.2) is 36.4 Å². The van der Waals surface area contributed by atoms with Gasteiger partial charge in [-0.25, -0.2) is 8.78 Å². The number of hydrogen-bond donors (Lipinski definition) is 1. The van der Waals surface area contributed by atoms with E-state index in [4.69, 9.17) is 15.2 Å². The quantitative estimate of drug-likeness (QED) is 0.916. The van der Waals surface area contributed by atoms with Gasteiger partial charge < -0.3 is 15.2 Å². The second-order valence-electron chi connectivity index (χ2n) is 4.69. The summed E-state index contributed by atoms with van der Waals surface area (Å²) >= 11 is 0. The van der Waals surface area contributed by atoms with Crippen LogP contribution in [0.2, 0.25) is 0 Å². The van der Waals surface area contributed by atoms with Gasteiger partial charge in [-0.15, -0.1) is 0 Å². The lowest BCUT2D eigenvalue weighted by Gasteiger charge is -2.14. The maximum Gasteiger partial charge on any atom is 0.161 e. The molecule has 2 aromatic carbocycles. The highest BCUT2D eigenvalue weighted by Gasteiger charge is 2.12. The van der Waals surface area contributed by atoms with Crippen LogP contribution in [0, 0.1) is 11.6 Å². The zero-order valence-corrected chi connectivity index (χ0v) is 11.9. The van der Waals surface area contributed by atoms with Gasteiger partial charge in [-0.05, 0) is 36.8 Å². The van der Waals surface area contributed by atoms with Crippen LogP contribution in [0.25, 0.3) is 0 Å². The third kappa shape index (κ3) is 3.49. The van der Waals surface area contributed by atoms with Crippen LogP contribution in [-0.2, 0) is 6.61 Å². The van der Waals surface area contributed by atoms with E-state index >= 15 is 0 Å². The Morgan fingerprint density at radius 1 is 1.10 bits per heavy atom. The molecule has 1 atom stereocenters. The summed E-state index contributed by atoms with van der Waals surface area (Å²) in [5.74, 6) is -0.395. The maximum absolute atomic E-state index is 13.5. The van der Waals surface area contributed by atoms with Gasteiger partial charge in [0.25, 0.3) is 0 Å². The van der Waals surface area contributed by atoms with Crippen molar-refractivity contribution in [2.75, 3.05) is 7.11 Å². The van der Waals surface area contributed by atoms with Gasteiger partial charge in [0, 0.05) is 6.04 Å². The summed E-state index contributed by atoms with van der Waals surface area (Å²) in [6, 6.07) is 8.77. The van der Waals surface area contributed by atoms with Crippen molar-refractivity contribution < 1.29 is 18.3 Å². The van der Waals surface area contributed by atoms with E-state index in [1.54, 1.807) is 18.2 Å². The lowest BCUT2D eigenvalue weighted by atomic mass is 10.1. The Morgan fingerprint density at radius 3 is 2.33 bits per heavy atom. The lowest BCUT2D eigenvalue weighted by Crippen LogP contribution is -2.06. The lowest BCUT2D eigenvalue weighted by molar-refractivity contribution is 0.274. The first-order valence-electron chi connectivity index (χ1n) is 6.52. The molecule has 0 heterocycles. The molecule has 0 bridgehead atoms. The number of nitrogens with two attached hydrogens (primary N) is 1. The summed E-state index contributed by atoms with van der Waals surface area (Å²) < 4.78 is 37.8. The topological polar surface area (TPSA) is 44.5 Å². The predicted octanol–water partition coefficient (Wildman–Crippen LogP) is 3.57. The molecule has 2 aromatic rings. The molecule has 0 aliphatic carbocycles. The molecule has 0 aliphatic rings. The fourth-order valence-electron chi connectivity index (χ4n) is 1.91. The van der Waals surface area contributed by atoms with Gasteiger partial charge in [-0.1, -0.05) is 12.1 Å². The second kappa shape index (κ2) is 6.54. The van der Waals surface area contributed by atoms with Crippen molar-refractivity contribution in [2.24, 2.45) is 5.73 Å². The molecule has 0 amide bonds. The van der Waals surface area contributed by atoms with Crippen LogP contribution in [0.1, 0.15) is 24.1 Å². The van der Waals surface area contributed by atoms with Crippen LogP contribution in [0.4, 0.5) is 8.78 Å². The molecule has 0 aromatic heterocycles. The summed E-state index contributed by atoms with van der Waals surface area (Å²) in [6.07, 6.45) is 0. The Labute approximate surface area is 122 Å². The molecule has 0 radical (unpaired) electrons. The highest BCUT2D eigenvalue weighted by Crippen LogP contribution is 2.30. The van der Waals surface area contributed by atoms with Gasteiger partial charge in [-0.3, -0.25) is 0 Å². The van der Waals surface area contributed by atoms with Crippen LogP contribution in [0.3, 0.4) is 0 Å². The highest BCUT2D eigenvalue weighted by molar-refractivity contribution is 5.43. The smallest absolute Gasteiger partial charge is 0.161 e. The zero-order chi connectivity index (χ0) is 15.4. The summed E-state index contributed by atoms with van der Waals surface area (Å²) in [7, 11) is 1.50. The van der Waals surface area contributed by atoms with Crippen LogP contribution < -0.4 is 15.2 Å². The largest absolute Gasteiger partial charge is 0.493 e. The number of rotatable bonds is 5. The third-order valence-electron chi connectivity index (χ3n) is 3.15. The Balaban J connectivity index is 2.20. The Morgan fingerprint density at radius 2 is 1.76 bits per heavy atom. The minimum absolute atomic E-state index is 0.115. The van der Waals surface area contributed by atoms with Gasteiger partial charge >= 0.3 is 0 Å². The molecular weight excluding hydrogens is 276 g/mol. The van der Waals surface area contributed by atoms with E-state index in [2.05, 4.69) is 0 Å². The van der Waals surface area contributed by atoms with E-state index < -0.39 is 11.6 Å². The number of halogens is 2. The van der Waals surface area contributed by atoms with Crippen molar-refractivity contribution in [3.8, 4) is 11.5 Å². The van der Waals surface area contributed by atoms with Crippen molar-refractivity contribution in [1.29, 1.82) is 0 Å². The molecule has 0 spiro atoms. The van der Waals surface area contributed by atoms with Crippen molar-refractivity contribution in [2.45, 2.75) is 19.6 Å². The first kappa shape index (κ1) is 15.3. The molecule has 5 heteroatoms. The van der Waals surface area contributed by atoms with Gasteiger partial charge in [-0.2, -0.15) is 0 Å². The Bertz CT molecular complexity index is 609. The Hall–Kier alpha value is -2.14. The minimum atomic E-state index is -0.638.